The maximum atomic E-state index is 12.3. The highest BCUT2D eigenvalue weighted by Gasteiger charge is 2.33. The van der Waals surface area contributed by atoms with E-state index in [1.165, 1.54) is 7.11 Å². The lowest BCUT2D eigenvalue weighted by Gasteiger charge is -2.31. The van der Waals surface area contributed by atoms with Crippen LogP contribution in [0.1, 0.15) is 47.6 Å². The molecule has 0 spiro atoms. The number of ether oxygens (including phenoxy) is 3. The van der Waals surface area contributed by atoms with Gasteiger partial charge in [0.25, 0.3) is 5.91 Å². The van der Waals surface area contributed by atoms with Crippen molar-refractivity contribution in [3.05, 3.63) is 58.9 Å². The van der Waals surface area contributed by atoms with Gasteiger partial charge in [-0.2, -0.15) is 0 Å². The zero-order valence-corrected chi connectivity index (χ0v) is 21.4. The quantitative estimate of drug-likeness (QED) is 0.322. The lowest BCUT2D eigenvalue weighted by Crippen LogP contribution is -2.28. The van der Waals surface area contributed by atoms with Crippen LogP contribution in [0.15, 0.2) is 41.6 Å². The highest BCUT2D eigenvalue weighted by molar-refractivity contribution is 6.03. The van der Waals surface area contributed by atoms with Crippen LogP contribution in [0.5, 0.6) is 17.2 Å². The number of anilines is 2. The average Bonchev–Trinajstić information content (AvgIpc) is 3.16. The predicted molar refractivity (Wildman–Crippen MR) is 139 cm³/mol. The van der Waals surface area contributed by atoms with Gasteiger partial charge in [0.2, 0.25) is 5.75 Å². The second-order valence-electron chi connectivity index (χ2n) is 9.68. The van der Waals surface area contributed by atoms with Crippen molar-refractivity contribution < 1.29 is 24.2 Å². The topological polar surface area (TPSA) is 120 Å². The van der Waals surface area contributed by atoms with Crippen LogP contribution in [-0.4, -0.2) is 42.7 Å². The van der Waals surface area contributed by atoms with Gasteiger partial charge in [-0.1, -0.05) is 19.0 Å². The molecule has 2 aromatic carbocycles. The number of aryl methyl sites for hydroxylation is 1. The third kappa shape index (κ3) is 4.44. The molecule has 0 aliphatic heterocycles. The summed E-state index contributed by atoms with van der Waals surface area (Å²) in [6.45, 7) is 6.32. The largest absolute Gasteiger partial charge is 0.493 e. The van der Waals surface area contributed by atoms with Crippen LogP contribution in [-0.2, 0) is 6.42 Å². The summed E-state index contributed by atoms with van der Waals surface area (Å²) in [5.74, 6) is 0.862. The first-order chi connectivity index (χ1) is 17.1. The number of fused-ring (bicyclic) bond motifs is 1. The van der Waals surface area contributed by atoms with E-state index in [-0.39, 0.29) is 5.41 Å². The SMILES string of the molecule is COc1cc(Nc2cc(-n3c(C)cc4c3CC(C)(C)CC4=NO)ccc2C(N)=O)cc(OC)c1OC. The second kappa shape index (κ2) is 9.49. The van der Waals surface area contributed by atoms with Crippen molar-refractivity contribution in [3.8, 4) is 22.9 Å². The molecule has 4 N–H and O–H groups in total. The van der Waals surface area contributed by atoms with Gasteiger partial charge in [0.05, 0.1) is 38.3 Å². The number of oxime groups is 1. The molecule has 9 nitrogen and oxygen atoms in total. The number of amides is 1. The minimum Gasteiger partial charge on any atom is -0.493 e. The van der Waals surface area contributed by atoms with Crippen molar-refractivity contribution in [2.45, 2.75) is 33.6 Å². The summed E-state index contributed by atoms with van der Waals surface area (Å²) in [7, 11) is 4.62. The van der Waals surface area contributed by atoms with Crippen LogP contribution in [0.3, 0.4) is 0 Å². The Labute approximate surface area is 210 Å². The molecule has 4 rings (SSSR count). The number of primary amides is 1. The van der Waals surface area contributed by atoms with Crippen molar-refractivity contribution in [2.24, 2.45) is 16.3 Å². The molecule has 1 amide bonds. The van der Waals surface area contributed by atoms with Crippen molar-refractivity contribution in [3.63, 3.8) is 0 Å². The van der Waals surface area contributed by atoms with Crippen molar-refractivity contribution in [2.75, 3.05) is 26.6 Å². The molecular weight excluding hydrogens is 460 g/mol. The Morgan fingerprint density at radius 3 is 2.28 bits per heavy atom. The molecule has 1 heterocycles. The van der Waals surface area contributed by atoms with Gasteiger partial charge in [-0.05, 0) is 49.4 Å². The molecule has 0 saturated carbocycles. The van der Waals surface area contributed by atoms with E-state index in [0.29, 0.717) is 46.3 Å². The molecular formula is C27H32N4O5. The van der Waals surface area contributed by atoms with E-state index in [0.717, 1.165) is 29.1 Å². The Bertz CT molecular complexity index is 1330. The Morgan fingerprint density at radius 2 is 1.72 bits per heavy atom. The lowest BCUT2D eigenvalue weighted by molar-refractivity contribution is 0.100. The van der Waals surface area contributed by atoms with E-state index in [1.54, 1.807) is 32.4 Å². The number of carbonyl (C=O) groups is 1. The molecule has 0 bridgehead atoms. The van der Waals surface area contributed by atoms with E-state index in [2.05, 4.69) is 28.9 Å². The van der Waals surface area contributed by atoms with Gasteiger partial charge in [-0.15, -0.1) is 0 Å². The summed E-state index contributed by atoms with van der Waals surface area (Å²) >= 11 is 0. The standard InChI is InChI=1S/C27H32N4O5/c1-15-9-19-21(30-33)13-27(2,3)14-22(19)31(15)17-7-8-18(26(28)32)20(12-17)29-16-10-23(34-4)25(36-6)24(11-16)35-5/h7-12,29,33H,13-14H2,1-6H3,(H2,28,32). The fourth-order valence-electron chi connectivity index (χ4n) is 4.93. The molecule has 1 aromatic heterocycles. The average molecular weight is 493 g/mol. The molecule has 3 aromatic rings. The number of rotatable bonds is 7. The summed E-state index contributed by atoms with van der Waals surface area (Å²) in [6, 6.07) is 11.0. The van der Waals surface area contributed by atoms with Gasteiger partial charge >= 0.3 is 0 Å². The second-order valence-corrected chi connectivity index (χ2v) is 9.68. The van der Waals surface area contributed by atoms with Crippen LogP contribution < -0.4 is 25.3 Å². The number of nitrogens with one attached hydrogen (secondary N) is 1. The fourth-order valence-corrected chi connectivity index (χ4v) is 4.93. The third-order valence-corrected chi connectivity index (χ3v) is 6.48. The Kier molecular flexibility index (Phi) is 6.58. The van der Waals surface area contributed by atoms with Crippen molar-refractivity contribution >= 4 is 23.0 Å². The van der Waals surface area contributed by atoms with Gasteiger partial charge in [-0.3, -0.25) is 4.79 Å². The number of carbonyl (C=O) groups excluding carboxylic acids is 1. The van der Waals surface area contributed by atoms with E-state index >= 15 is 0 Å². The summed E-state index contributed by atoms with van der Waals surface area (Å²) in [5, 5.41) is 16.5. The van der Waals surface area contributed by atoms with Crippen molar-refractivity contribution in [1.82, 2.24) is 4.57 Å². The van der Waals surface area contributed by atoms with Crippen molar-refractivity contribution in [1.29, 1.82) is 0 Å². The Balaban J connectivity index is 1.84. The maximum absolute atomic E-state index is 12.3. The number of nitrogens with two attached hydrogens (primary N) is 1. The predicted octanol–water partition coefficient (Wildman–Crippen LogP) is 4.80. The number of nitrogens with zero attached hydrogens (tertiary/aromatic N) is 2. The van der Waals surface area contributed by atoms with Crippen LogP contribution in [0.25, 0.3) is 5.69 Å². The smallest absolute Gasteiger partial charge is 0.250 e. The third-order valence-electron chi connectivity index (χ3n) is 6.48. The molecule has 190 valence electrons. The van der Waals surface area contributed by atoms with Crippen LogP contribution >= 0.6 is 0 Å². The van der Waals surface area contributed by atoms with Gasteiger partial charge in [0.15, 0.2) is 11.5 Å². The molecule has 1 aliphatic carbocycles. The number of methoxy groups -OCH3 is 3. The summed E-state index contributed by atoms with van der Waals surface area (Å²) in [6.07, 6.45) is 1.50. The van der Waals surface area contributed by atoms with Gasteiger partial charge < -0.3 is 35.0 Å². The molecule has 0 radical (unpaired) electrons. The highest BCUT2D eigenvalue weighted by Crippen LogP contribution is 2.42. The number of aromatic nitrogens is 1. The van der Waals surface area contributed by atoms with Gasteiger partial charge in [0, 0.05) is 40.5 Å². The first-order valence-electron chi connectivity index (χ1n) is 11.6. The number of hydrogen-bond acceptors (Lipinski definition) is 7. The minimum absolute atomic E-state index is 0.0679. The number of hydrogen-bond donors (Lipinski definition) is 3. The normalized spacial score (nSPS) is 15.3. The first-order valence-corrected chi connectivity index (χ1v) is 11.6. The lowest BCUT2D eigenvalue weighted by atomic mass is 9.76. The molecule has 1 aliphatic rings. The molecule has 0 unspecified atom stereocenters. The van der Waals surface area contributed by atoms with E-state index in [1.807, 2.05) is 25.1 Å². The monoisotopic (exact) mass is 492 g/mol. The Hall–Kier alpha value is -4.14. The molecule has 0 saturated heterocycles. The van der Waals surface area contributed by atoms with Crippen LogP contribution in [0, 0.1) is 12.3 Å². The summed E-state index contributed by atoms with van der Waals surface area (Å²) < 4.78 is 18.5. The molecule has 9 heteroatoms. The molecule has 36 heavy (non-hydrogen) atoms. The highest BCUT2D eigenvalue weighted by atomic mass is 16.5. The zero-order valence-electron chi connectivity index (χ0n) is 21.4. The molecule has 0 atom stereocenters. The van der Waals surface area contributed by atoms with Crippen LogP contribution in [0.2, 0.25) is 0 Å². The van der Waals surface area contributed by atoms with Gasteiger partial charge in [0.1, 0.15) is 0 Å². The van der Waals surface area contributed by atoms with Gasteiger partial charge in [-0.25, -0.2) is 0 Å². The van der Waals surface area contributed by atoms with E-state index in [4.69, 9.17) is 19.9 Å². The van der Waals surface area contributed by atoms with E-state index < -0.39 is 5.91 Å². The number of benzene rings is 2. The van der Waals surface area contributed by atoms with Crippen LogP contribution in [0.4, 0.5) is 11.4 Å². The fraction of sp³-hybridized carbons (Fsp3) is 0.333. The zero-order chi connectivity index (χ0) is 26.2. The van der Waals surface area contributed by atoms with E-state index in [9.17, 15) is 10.0 Å². The summed E-state index contributed by atoms with van der Waals surface area (Å²) in [5.41, 5.74) is 11.6. The summed E-state index contributed by atoms with van der Waals surface area (Å²) in [4.78, 5) is 12.3. The molecule has 0 fully saturated rings. The Morgan fingerprint density at radius 1 is 1.06 bits per heavy atom. The maximum Gasteiger partial charge on any atom is 0.250 e. The minimum atomic E-state index is -0.557. The first kappa shape index (κ1) is 25.0.